The summed E-state index contributed by atoms with van der Waals surface area (Å²) in [5.41, 5.74) is 1.80. The minimum absolute atomic E-state index is 0.0893. The van der Waals surface area contributed by atoms with E-state index >= 15 is 0 Å². The number of hydrogen-bond acceptors (Lipinski definition) is 5. The van der Waals surface area contributed by atoms with Crippen molar-refractivity contribution < 1.29 is 9.53 Å². The Hall–Kier alpha value is -2.32. The molecule has 0 saturated heterocycles. The van der Waals surface area contributed by atoms with Gasteiger partial charge in [0.1, 0.15) is 5.75 Å². The molecule has 8 heteroatoms. The Morgan fingerprint density at radius 2 is 2.00 bits per heavy atom. The predicted molar refractivity (Wildman–Crippen MR) is 115 cm³/mol. The van der Waals surface area contributed by atoms with Crippen molar-refractivity contribution in [1.29, 1.82) is 0 Å². The first-order chi connectivity index (χ1) is 13.4. The highest BCUT2D eigenvalue weighted by atomic mass is 79.9. The van der Waals surface area contributed by atoms with Gasteiger partial charge in [0, 0.05) is 17.2 Å². The van der Waals surface area contributed by atoms with Gasteiger partial charge in [-0.25, -0.2) is 0 Å². The molecular weight excluding hydrogens is 440 g/mol. The minimum atomic E-state index is -0.256. The fourth-order valence-corrected chi connectivity index (χ4v) is 3.84. The number of anilines is 1. The third kappa shape index (κ3) is 5.14. The van der Waals surface area contributed by atoms with Gasteiger partial charge in [-0.15, -0.1) is 10.2 Å². The summed E-state index contributed by atoms with van der Waals surface area (Å²) < 4.78 is 8.75. The Balaban J connectivity index is 1.58. The lowest BCUT2D eigenvalue weighted by molar-refractivity contribution is -0.113. The summed E-state index contributed by atoms with van der Waals surface area (Å²) in [5, 5.41) is 12.0. The highest BCUT2D eigenvalue weighted by molar-refractivity contribution is 9.10. The molecule has 1 heterocycles. The fraction of sp³-hybridized carbons (Fsp3) is 0.250. The Bertz CT molecular complexity index is 962. The number of carbonyl (C=O) groups is 1. The van der Waals surface area contributed by atoms with Gasteiger partial charge in [-0.3, -0.25) is 4.79 Å². The molecule has 0 saturated carbocycles. The Kier molecular flexibility index (Phi) is 6.74. The highest BCUT2D eigenvalue weighted by Crippen LogP contribution is 2.24. The first-order valence-electron chi connectivity index (χ1n) is 8.74. The van der Waals surface area contributed by atoms with Crippen LogP contribution in [0.1, 0.15) is 24.4 Å². The summed E-state index contributed by atoms with van der Waals surface area (Å²) in [6.07, 6.45) is -0.256. The number of rotatable bonds is 7. The van der Waals surface area contributed by atoms with E-state index in [1.807, 2.05) is 74.0 Å². The van der Waals surface area contributed by atoms with Crippen LogP contribution in [0.3, 0.4) is 0 Å². The standard InChI is InChI=1S/C20H21BrN4O2S/c1-13-11-15(21)9-10-17(13)22-18(26)12-28-20-24-23-19(25(20)3)14(2)27-16-7-5-4-6-8-16/h4-11,14H,12H2,1-3H3,(H,22,26). The van der Waals surface area contributed by atoms with Gasteiger partial charge in [-0.1, -0.05) is 45.9 Å². The molecule has 0 fully saturated rings. The predicted octanol–water partition coefficient (Wildman–Crippen LogP) is 4.76. The molecular formula is C20H21BrN4O2S. The van der Waals surface area contributed by atoms with Crippen LogP contribution < -0.4 is 10.1 Å². The van der Waals surface area contributed by atoms with E-state index in [9.17, 15) is 4.79 Å². The maximum Gasteiger partial charge on any atom is 0.234 e. The molecule has 1 unspecified atom stereocenters. The second kappa shape index (κ2) is 9.25. The summed E-state index contributed by atoms with van der Waals surface area (Å²) >= 11 is 4.76. The average Bonchev–Trinajstić information content (AvgIpc) is 3.04. The third-order valence-electron chi connectivity index (χ3n) is 4.08. The SMILES string of the molecule is Cc1cc(Br)ccc1NC(=O)CSc1nnc(C(C)Oc2ccccc2)n1C. The molecule has 0 bridgehead atoms. The molecule has 2 aromatic carbocycles. The highest BCUT2D eigenvalue weighted by Gasteiger charge is 2.18. The van der Waals surface area contributed by atoms with Gasteiger partial charge in [-0.2, -0.15) is 0 Å². The minimum Gasteiger partial charge on any atom is -0.483 e. The number of carbonyl (C=O) groups excluding carboxylic acids is 1. The smallest absolute Gasteiger partial charge is 0.234 e. The third-order valence-corrected chi connectivity index (χ3v) is 5.60. The molecule has 1 N–H and O–H groups in total. The molecule has 146 valence electrons. The molecule has 0 radical (unpaired) electrons. The van der Waals surface area contributed by atoms with E-state index in [4.69, 9.17) is 4.74 Å². The van der Waals surface area contributed by atoms with E-state index in [0.29, 0.717) is 11.0 Å². The molecule has 1 aromatic heterocycles. The van der Waals surface area contributed by atoms with Crippen LogP contribution >= 0.6 is 27.7 Å². The van der Waals surface area contributed by atoms with Crippen LogP contribution in [-0.4, -0.2) is 26.4 Å². The lowest BCUT2D eigenvalue weighted by Gasteiger charge is -2.14. The lowest BCUT2D eigenvalue weighted by atomic mass is 10.2. The summed E-state index contributed by atoms with van der Waals surface area (Å²) in [6, 6.07) is 15.3. The van der Waals surface area contributed by atoms with Crippen LogP contribution in [-0.2, 0) is 11.8 Å². The quantitative estimate of drug-likeness (QED) is 0.514. The van der Waals surface area contributed by atoms with Crippen LogP contribution in [0.2, 0.25) is 0 Å². The zero-order valence-corrected chi connectivity index (χ0v) is 18.3. The Morgan fingerprint density at radius 3 is 2.71 bits per heavy atom. The van der Waals surface area contributed by atoms with Crippen molar-refractivity contribution in [3.8, 4) is 5.75 Å². The molecule has 3 rings (SSSR count). The van der Waals surface area contributed by atoms with Gasteiger partial charge in [0.15, 0.2) is 17.1 Å². The number of aryl methyl sites for hydroxylation is 1. The van der Waals surface area contributed by atoms with E-state index in [1.165, 1.54) is 11.8 Å². The van der Waals surface area contributed by atoms with Crippen molar-refractivity contribution in [3.05, 3.63) is 64.4 Å². The van der Waals surface area contributed by atoms with Crippen molar-refractivity contribution in [1.82, 2.24) is 14.8 Å². The zero-order chi connectivity index (χ0) is 20.1. The van der Waals surface area contributed by atoms with Gasteiger partial charge in [0.25, 0.3) is 0 Å². The maximum absolute atomic E-state index is 12.3. The van der Waals surface area contributed by atoms with Gasteiger partial charge in [0.05, 0.1) is 5.75 Å². The van der Waals surface area contributed by atoms with Gasteiger partial charge < -0.3 is 14.6 Å². The monoisotopic (exact) mass is 460 g/mol. The molecule has 6 nitrogen and oxygen atoms in total. The van der Waals surface area contributed by atoms with Crippen molar-refractivity contribution in [2.24, 2.45) is 7.05 Å². The average molecular weight is 461 g/mol. The normalized spacial score (nSPS) is 11.9. The lowest BCUT2D eigenvalue weighted by Crippen LogP contribution is -2.15. The first kappa shape index (κ1) is 20.4. The number of para-hydroxylation sites is 1. The number of benzene rings is 2. The number of amides is 1. The van der Waals surface area contributed by atoms with E-state index < -0.39 is 0 Å². The second-order valence-corrected chi connectivity index (χ2v) is 8.13. The molecule has 0 aliphatic carbocycles. The van der Waals surface area contributed by atoms with Crippen LogP contribution in [0.15, 0.2) is 58.2 Å². The maximum atomic E-state index is 12.3. The molecule has 0 spiro atoms. The van der Waals surface area contributed by atoms with Crippen LogP contribution in [0, 0.1) is 6.92 Å². The number of aromatic nitrogens is 3. The van der Waals surface area contributed by atoms with Gasteiger partial charge >= 0.3 is 0 Å². The van der Waals surface area contributed by atoms with Crippen LogP contribution in [0.25, 0.3) is 0 Å². The number of nitrogens with one attached hydrogen (secondary N) is 1. The van der Waals surface area contributed by atoms with Crippen molar-refractivity contribution in [2.75, 3.05) is 11.1 Å². The molecule has 0 aliphatic heterocycles. The number of thioether (sulfide) groups is 1. The van der Waals surface area contributed by atoms with E-state index in [2.05, 4.69) is 31.4 Å². The van der Waals surface area contributed by atoms with E-state index in [1.54, 1.807) is 0 Å². The largest absolute Gasteiger partial charge is 0.483 e. The number of hydrogen-bond donors (Lipinski definition) is 1. The summed E-state index contributed by atoms with van der Waals surface area (Å²) in [4.78, 5) is 12.3. The van der Waals surface area contributed by atoms with Gasteiger partial charge in [-0.05, 0) is 49.7 Å². The van der Waals surface area contributed by atoms with Crippen molar-refractivity contribution >= 4 is 39.3 Å². The molecule has 3 aromatic rings. The summed E-state index contributed by atoms with van der Waals surface area (Å²) in [6.45, 7) is 3.88. The number of halogens is 1. The van der Waals surface area contributed by atoms with Crippen molar-refractivity contribution in [2.45, 2.75) is 25.1 Å². The molecule has 1 atom stereocenters. The van der Waals surface area contributed by atoms with E-state index in [0.717, 1.165) is 21.5 Å². The summed E-state index contributed by atoms with van der Waals surface area (Å²) in [7, 11) is 1.87. The van der Waals surface area contributed by atoms with Crippen LogP contribution in [0.4, 0.5) is 5.69 Å². The van der Waals surface area contributed by atoms with E-state index in [-0.39, 0.29) is 17.8 Å². The molecule has 1 amide bonds. The fourth-order valence-electron chi connectivity index (χ4n) is 2.65. The Morgan fingerprint density at radius 1 is 1.25 bits per heavy atom. The Labute approximate surface area is 176 Å². The zero-order valence-electron chi connectivity index (χ0n) is 15.8. The second-order valence-electron chi connectivity index (χ2n) is 6.27. The molecule has 28 heavy (non-hydrogen) atoms. The topological polar surface area (TPSA) is 69.0 Å². The molecule has 0 aliphatic rings. The van der Waals surface area contributed by atoms with Crippen LogP contribution in [0.5, 0.6) is 5.75 Å². The van der Waals surface area contributed by atoms with Crippen molar-refractivity contribution in [3.63, 3.8) is 0 Å². The number of ether oxygens (including phenoxy) is 1. The number of nitrogens with zero attached hydrogens (tertiary/aromatic N) is 3. The first-order valence-corrected chi connectivity index (χ1v) is 10.5. The summed E-state index contributed by atoms with van der Waals surface area (Å²) in [5.74, 6) is 1.63. The van der Waals surface area contributed by atoms with Gasteiger partial charge in [0.2, 0.25) is 5.91 Å².